The molecule has 0 aliphatic carbocycles. The third-order valence-corrected chi connectivity index (χ3v) is 4.43. The predicted molar refractivity (Wildman–Crippen MR) is 98.2 cm³/mol. The van der Waals surface area contributed by atoms with Gasteiger partial charge in [0.05, 0.1) is 11.2 Å². The van der Waals surface area contributed by atoms with Crippen LogP contribution in [-0.2, 0) is 0 Å². The number of pyridine rings is 1. The number of nitrogens with zero attached hydrogens (tertiary/aromatic N) is 2. The highest BCUT2D eigenvalue weighted by Gasteiger charge is 2.21. The van der Waals surface area contributed by atoms with E-state index in [1.807, 2.05) is 30.3 Å². The molecule has 5 heteroatoms. The Labute approximate surface area is 143 Å². The molecule has 5 nitrogen and oxygen atoms in total. The molecule has 0 saturated carbocycles. The van der Waals surface area contributed by atoms with Gasteiger partial charge in [-0.3, -0.25) is 4.98 Å². The molecule has 2 heterocycles. The molecule has 1 aromatic heterocycles. The number of piperidine rings is 1. The zero-order valence-corrected chi connectivity index (χ0v) is 14.5. The highest BCUT2D eigenvalue weighted by molar-refractivity contribution is 5.99. The van der Waals surface area contributed by atoms with E-state index in [1.54, 1.807) is 6.20 Å². The Kier molecular flexibility index (Phi) is 5.30. The van der Waals surface area contributed by atoms with Crippen LogP contribution in [0.25, 0.3) is 10.9 Å². The van der Waals surface area contributed by atoms with Crippen molar-refractivity contribution in [3.63, 3.8) is 0 Å². The molecular formula is C19H26N4O. The minimum absolute atomic E-state index is 0.143. The summed E-state index contributed by atoms with van der Waals surface area (Å²) in [6.07, 6.45) is 3.76. The van der Waals surface area contributed by atoms with Gasteiger partial charge < -0.3 is 15.5 Å². The first-order valence-electron chi connectivity index (χ1n) is 8.75. The molecule has 0 unspecified atom stereocenters. The zero-order chi connectivity index (χ0) is 16.9. The number of anilines is 1. The first-order chi connectivity index (χ1) is 11.6. The molecule has 2 amide bonds. The Morgan fingerprint density at radius 2 is 2.00 bits per heavy atom. The maximum Gasteiger partial charge on any atom is 0.319 e. The van der Waals surface area contributed by atoms with Crippen molar-refractivity contribution < 1.29 is 4.79 Å². The number of nitrogens with one attached hydrogen (secondary N) is 2. The molecule has 0 atom stereocenters. The van der Waals surface area contributed by atoms with Crippen LogP contribution in [-0.4, -0.2) is 41.6 Å². The standard InChI is InChI=1S/C19H26N4O/c1-14(2)13-23-11-8-16(9-12-23)21-19(24)22-17-7-3-5-15-6-4-10-20-18(15)17/h3-7,10,14,16H,8-9,11-13H2,1-2H3,(H2,21,22,24). The summed E-state index contributed by atoms with van der Waals surface area (Å²) in [5, 5.41) is 7.08. The second-order valence-corrected chi connectivity index (χ2v) is 6.95. The van der Waals surface area contributed by atoms with Gasteiger partial charge in [-0.15, -0.1) is 0 Å². The SMILES string of the molecule is CC(C)CN1CCC(NC(=O)Nc2cccc3cccnc23)CC1. The maximum atomic E-state index is 12.3. The molecular weight excluding hydrogens is 300 g/mol. The fourth-order valence-corrected chi connectivity index (χ4v) is 3.33. The molecule has 1 aromatic carbocycles. The van der Waals surface area contributed by atoms with Crippen molar-refractivity contribution in [1.82, 2.24) is 15.2 Å². The third-order valence-electron chi connectivity index (χ3n) is 4.43. The lowest BCUT2D eigenvalue weighted by Crippen LogP contribution is -2.46. The van der Waals surface area contributed by atoms with Crippen LogP contribution >= 0.6 is 0 Å². The van der Waals surface area contributed by atoms with E-state index in [0.717, 1.165) is 49.1 Å². The number of urea groups is 1. The monoisotopic (exact) mass is 326 g/mol. The van der Waals surface area contributed by atoms with E-state index < -0.39 is 0 Å². The lowest BCUT2D eigenvalue weighted by Gasteiger charge is -2.33. The largest absolute Gasteiger partial charge is 0.335 e. The summed E-state index contributed by atoms with van der Waals surface area (Å²) in [4.78, 5) is 19.2. The summed E-state index contributed by atoms with van der Waals surface area (Å²) < 4.78 is 0. The summed E-state index contributed by atoms with van der Waals surface area (Å²) >= 11 is 0. The number of hydrogen-bond acceptors (Lipinski definition) is 3. The van der Waals surface area contributed by atoms with E-state index in [4.69, 9.17) is 0 Å². The minimum Gasteiger partial charge on any atom is -0.335 e. The second kappa shape index (κ2) is 7.62. The van der Waals surface area contributed by atoms with Crippen molar-refractivity contribution >= 4 is 22.6 Å². The Balaban J connectivity index is 1.55. The van der Waals surface area contributed by atoms with Crippen LogP contribution < -0.4 is 10.6 Å². The van der Waals surface area contributed by atoms with Gasteiger partial charge in [-0.1, -0.05) is 32.0 Å². The summed E-state index contributed by atoms with van der Waals surface area (Å²) in [5.74, 6) is 0.691. The molecule has 24 heavy (non-hydrogen) atoms. The average molecular weight is 326 g/mol. The van der Waals surface area contributed by atoms with E-state index in [-0.39, 0.29) is 12.1 Å². The third kappa shape index (κ3) is 4.23. The second-order valence-electron chi connectivity index (χ2n) is 6.95. The summed E-state index contributed by atoms with van der Waals surface area (Å²) in [7, 11) is 0. The minimum atomic E-state index is -0.143. The molecule has 3 rings (SSSR count). The summed E-state index contributed by atoms with van der Waals surface area (Å²) in [5.41, 5.74) is 1.57. The fraction of sp³-hybridized carbons (Fsp3) is 0.474. The summed E-state index contributed by atoms with van der Waals surface area (Å²) in [6.45, 7) is 7.74. The first kappa shape index (κ1) is 16.7. The number of carbonyl (C=O) groups is 1. The lowest BCUT2D eigenvalue weighted by molar-refractivity contribution is 0.180. The van der Waals surface area contributed by atoms with Gasteiger partial charge in [-0.25, -0.2) is 4.79 Å². The van der Waals surface area contributed by atoms with E-state index in [2.05, 4.69) is 34.4 Å². The van der Waals surface area contributed by atoms with Crippen LogP contribution in [0.3, 0.4) is 0 Å². The number of benzene rings is 1. The quantitative estimate of drug-likeness (QED) is 0.904. The number of carbonyl (C=O) groups excluding carboxylic acids is 1. The average Bonchev–Trinajstić information content (AvgIpc) is 2.56. The normalized spacial score (nSPS) is 16.5. The molecule has 2 aromatic rings. The Bertz CT molecular complexity index is 687. The topological polar surface area (TPSA) is 57.3 Å². The molecule has 1 saturated heterocycles. The Hall–Kier alpha value is -2.14. The number of hydrogen-bond donors (Lipinski definition) is 2. The number of rotatable bonds is 4. The van der Waals surface area contributed by atoms with Crippen LogP contribution in [0.2, 0.25) is 0 Å². The first-order valence-corrected chi connectivity index (χ1v) is 8.75. The lowest BCUT2D eigenvalue weighted by atomic mass is 10.0. The van der Waals surface area contributed by atoms with Gasteiger partial charge >= 0.3 is 6.03 Å². The van der Waals surface area contributed by atoms with Crippen molar-refractivity contribution in [2.24, 2.45) is 5.92 Å². The van der Waals surface area contributed by atoms with Crippen LogP contribution in [0, 0.1) is 5.92 Å². The van der Waals surface area contributed by atoms with Gasteiger partial charge in [0, 0.05) is 37.3 Å². The van der Waals surface area contributed by atoms with Crippen molar-refractivity contribution in [2.45, 2.75) is 32.7 Å². The van der Waals surface area contributed by atoms with Crippen LogP contribution in [0.5, 0.6) is 0 Å². The van der Waals surface area contributed by atoms with Gasteiger partial charge in [0.15, 0.2) is 0 Å². The van der Waals surface area contributed by atoms with Gasteiger partial charge in [-0.2, -0.15) is 0 Å². The van der Waals surface area contributed by atoms with E-state index in [9.17, 15) is 4.79 Å². The predicted octanol–water partition coefficient (Wildman–Crippen LogP) is 3.48. The van der Waals surface area contributed by atoms with E-state index in [1.165, 1.54) is 0 Å². The van der Waals surface area contributed by atoms with Gasteiger partial charge in [0.1, 0.15) is 0 Å². The molecule has 0 bridgehead atoms. The number of aromatic nitrogens is 1. The smallest absolute Gasteiger partial charge is 0.319 e. The van der Waals surface area contributed by atoms with Gasteiger partial charge in [0.25, 0.3) is 0 Å². The van der Waals surface area contributed by atoms with E-state index >= 15 is 0 Å². The van der Waals surface area contributed by atoms with Crippen LogP contribution in [0.4, 0.5) is 10.5 Å². The molecule has 1 fully saturated rings. The fourth-order valence-electron chi connectivity index (χ4n) is 3.33. The van der Waals surface area contributed by atoms with Gasteiger partial charge in [0.2, 0.25) is 0 Å². The molecule has 2 N–H and O–H groups in total. The van der Waals surface area contributed by atoms with Crippen molar-refractivity contribution in [3.8, 4) is 0 Å². The van der Waals surface area contributed by atoms with Gasteiger partial charge in [-0.05, 0) is 30.9 Å². The number of para-hydroxylation sites is 1. The number of likely N-dealkylation sites (tertiary alicyclic amines) is 1. The molecule has 128 valence electrons. The Morgan fingerprint density at radius 1 is 1.25 bits per heavy atom. The number of fused-ring (bicyclic) bond motifs is 1. The van der Waals surface area contributed by atoms with Crippen molar-refractivity contribution in [1.29, 1.82) is 0 Å². The zero-order valence-electron chi connectivity index (χ0n) is 14.5. The number of amides is 2. The highest BCUT2D eigenvalue weighted by atomic mass is 16.2. The highest BCUT2D eigenvalue weighted by Crippen LogP contribution is 2.20. The van der Waals surface area contributed by atoms with Crippen LogP contribution in [0.1, 0.15) is 26.7 Å². The van der Waals surface area contributed by atoms with E-state index in [0.29, 0.717) is 5.92 Å². The van der Waals surface area contributed by atoms with Crippen LogP contribution in [0.15, 0.2) is 36.5 Å². The molecule has 0 radical (unpaired) electrons. The van der Waals surface area contributed by atoms with Crippen molar-refractivity contribution in [3.05, 3.63) is 36.5 Å². The molecule has 1 aliphatic rings. The molecule has 1 aliphatic heterocycles. The molecule has 0 spiro atoms. The summed E-state index contributed by atoms with van der Waals surface area (Å²) in [6, 6.07) is 9.82. The maximum absolute atomic E-state index is 12.3. The van der Waals surface area contributed by atoms with Crippen molar-refractivity contribution in [2.75, 3.05) is 25.0 Å². The Morgan fingerprint density at radius 3 is 2.75 bits per heavy atom.